The maximum atomic E-state index is 12.5. The number of carbonyl (C=O) groups is 1. The second kappa shape index (κ2) is 12.2. The summed E-state index contributed by atoms with van der Waals surface area (Å²) in [4.78, 5) is 12.5. The normalized spacial score (nSPS) is 11.0. The van der Waals surface area contributed by atoms with Crippen LogP contribution in [0, 0.1) is 0 Å². The fraction of sp³-hybridized carbons (Fsp3) is 0.148. The topological polar surface area (TPSA) is 66.0 Å². The highest BCUT2D eigenvalue weighted by Crippen LogP contribution is 2.39. The number of halogens is 2. The second-order valence-electron chi connectivity index (χ2n) is 7.22. The van der Waals surface area contributed by atoms with Crippen molar-refractivity contribution in [3.8, 4) is 23.0 Å². The van der Waals surface area contributed by atoms with E-state index in [2.05, 4.69) is 5.32 Å². The Labute approximate surface area is 214 Å². The number of benzene rings is 3. The number of hydrogen-bond donors (Lipinski definition) is 1. The minimum atomic E-state index is -0.185. The Morgan fingerprint density at radius 2 is 1.51 bits per heavy atom. The predicted octanol–water partition coefficient (Wildman–Crippen LogP) is 7.01. The van der Waals surface area contributed by atoms with E-state index >= 15 is 0 Å². The minimum absolute atomic E-state index is 0.185. The van der Waals surface area contributed by atoms with Gasteiger partial charge in [0.25, 0.3) is 0 Å². The molecule has 0 fully saturated rings. The molecule has 3 aromatic rings. The summed E-state index contributed by atoms with van der Waals surface area (Å²) >= 11 is 12.3. The zero-order valence-corrected chi connectivity index (χ0v) is 21.2. The quantitative estimate of drug-likeness (QED) is 0.178. The van der Waals surface area contributed by atoms with E-state index in [1.54, 1.807) is 63.9 Å². The number of anilines is 1. The molecular weight excluding hydrogens is 489 g/mol. The lowest BCUT2D eigenvalue weighted by Gasteiger charge is -2.13. The van der Waals surface area contributed by atoms with Gasteiger partial charge >= 0.3 is 0 Å². The third-order valence-electron chi connectivity index (χ3n) is 5.05. The van der Waals surface area contributed by atoms with Crippen molar-refractivity contribution >= 4 is 46.8 Å². The molecule has 0 bridgehead atoms. The maximum Gasteiger partial charge on any atom is 0.203 e. The van der Waals surface area contributed by atoms with Crippen molar-refractivity contribution in [2.24, 2.45) is 0 Å². The second-order valence-corrected chi connectivity index (χ2v) is 8.06. The van der Waals surface area contributed by atoms with Gasteiger partial charge in [-0.2, -0.15) is 0 Å². The van der Waals surface area contributed by atoms with Crippen molar-refractivity contribution in [3.63, 3.8) is 0 Å². The van der Waals surface area contributed by atoms with Gasteiger partial charge in [-0.05, 0) is 41.5 Å². The van der Waals surface area contributed by atoms with E-state index in [1.165, 1.54) is 13.2 Å². The van der Waals surface area contributed by atoms with Crippen LogP contribution < -0.4 is 24.3 Å². The van der Waals surface area contributed by atoms with E-state index in [9.17, 15) is 4.79 Å². The van der Waals surface area contributed by atoms with Gasteiger partial charge in [-0.25, -0.2) is 0 Å². The summed E-state index contributed by atoms with van der Waals surface area (Å²) in [5, 5.41) is 4.08. The minimum Gasteiger partial charge on any atom is -0.495 e. The van der Waals surface area contributed by atoms with E-state index in [4.69, 9.17) is 42.1 Å². The molecule has 0 spiro atoms. The van der Waals surface area contributed by atoms with Gasteiger partial charge in [0.05, 0.1) is 33.5 Å². The molecule has 3 rings (SSSR count). The lowest BCUT2D eigenvalue weighted by atomic mass is 10.1. The number of nitrogens with one attached hydrogen (secondary N) is 1. The molecule has 0 atom stereocenters. The highest BCUT2D eigenvalue weighted by molar-refractivity contribution is 6.32. The van der Waals surface area contributed by atoms with Crippen LogP contribution in [0.1, 0.15) is 21.5 Å². The third kappa shape index (κ3) is 6.50. The van der Waals surface area contributed by atoms with Gasteiger partial charge in [-0.3, -0.25) is 4.79 Å². The van der Waals surface area contributed by atoms with Gasteiger partial charge in [0, 0.05) is 34.6 Å². The molecule has 0 unspecified atom stereocenters. The predicted molar refractivity (Wildman–Crippen MR) is 142 cm³/mol. The molecule has 1 N–H and O–H groups in total. The van der Waals surface area contributed by atoms with Gasteiger partial charge in [-0.1, -0.05) is 47.5 Å². The van der Waals surface area contributed by atoms with Crippen LogP contribution in [0.15, 0.2) is 60.8 Å². The summed E-state index contributed by atoms with van der Waals surface area (Å²) in [5.74, 6) is 1.90. The Bertz CT molecular complexity index is 1250. The molecule has 3 aromatic carbocycles. The maximum absolute atomic E-state index is 12.5. The van der Waals surface area contributed by atoms with E-state index in [0.29, 0.717) is 44.3 Å². The summed E-state index contributed by atoms with van der Waals surface area (Å²) in [6.45, 7) is 0. The molecule has 0 aromatic heterocycles. The standard InChI is InChI=1S/C27H25Cl2NO5/c1-32-24-16-22(30-11-10-23(31)19-6-5-7-20(28)14-19)18(15-21(24)29)9-8-17-12-25(33-2)27(35-4)26(13-17)34-3/h5-16,30H,1-4H3. The lowest BCUT2D eigenvalue weighted by Crippen LogP contribution is -1.98. The number of carbonyl (C=O) groups excluding carboxylic acids is 1. The number of hydrogen-bond acceptors (Lipinski definition) is 6. The summed E-state index contributed by atoms with van der Waals surface area (Å²) in [6.07, 6.45) is 6.75. The molecule has 0 radical (unpaired) electrons. The molecule has 0 saturated heterocycles. The molecular formula is C27H25Cl2NO5. The first-order chi connectivity index (χ1) is 16.9. The smallest absolute Gasteiger partial charge is 0.203 e. The third-order valence-corrected chi connectivity index (χ3v) is 5.58. The molecule has 182 valence electrons. The number of ether oxygens (including phenoxy) is 4. The average Bonchev–Trinajstić information content (AvgIpc) is 2.87. The average molecular weight is 514 g/mol. The first-order valence-corrected chi connectivity index (χ1v) is 11.2. The number of ketones is 1. The summed E-state index contributed by atoms with van der Waals surface area (Å²) < 4.78 is 21.6. The van der Waals surface area contributed by atoms with Crippen LogP contribution in [0.3, 0.4) is 0 Å². The van der Waals surface area contributed by atoms with Gasteiger partial charge < -0.3 is 24.3 Å². The Morgan fingerprint density at radius 1 is 0.829 bits per heavy atom. The van der Waals surface area contributed by atoms with E-state index in [1.807, 2.05) is 24.3 Å². The van der Waals surface area contributed by atoms with Crippen LogP contribution in [0.2, 0.25) is 10.0 Å². The van der Waals surface area contributed by atoms with Gasteiger partial charge in [0.15, 0.2) is 17.3 Å². The molecule has 0 aliphatic heterocycles. The van der Waals surface area contributed by atoms with E-state index in [-0.39, 0.29) is 5.78 Å². The SMILES string of the molecule is COc1cc(NC=CC(=O)c2cccc(Cl)c2)c(C=Cc2cc(OC)c(OC)c(OC)c2)cc1Cl. The van der Waals surface area contributed by atoms with Crippen molar-refractivity contribution in [2.75, 3.05) is 33.8 Å². The van der Waals surface area contributed by atoms with Crippen LogP contribution in [0.25, 0.3) is 12.2 Å². The fourth-order valence-electron chi connectivity index (χ4n) is 3.32. The van der Waals surface area contributed by atoms with Crippen LogP contribution in [0.5, 0.6) is 23.0 Å². The summed E-state index contributed by atoms with van der Waals surface area (Å²) in [7, 11) is 6.22. The number of rotatable bonds is 10. The van der Waals surface area contributed by atoms with Crippen molar-refractivity contribution in [1.29, 1.82) is 0 Å². The lowest BCUT2D eigenvalue weighted by molar-refractivity contribution is 0.104. The molecule has 35 heavy (non-hydrogen) atoms. The van der Waals surface area contributed by atoms with Crippen LogP contribution >= 0.6 is 23.2 Å². The summed E-state index contributed by atoms with van der Waals surface area (Å²) in [6, 6.07) is 14.0. The molecule has 0 saturated carbocycles. The van der Waals surface area contributed by atoms with Gasteiger partial charge in [-0.15, -0.1) is 0 Å². The summed E-state index contributed by atoms with van der Waals surface area (Å²) in [5.41, 5.74) is 2.77. The van der Waals surface area contributed by atoms with Gasteiger partial charge in [0.1, 0.15) is 5.75 Å². The van der Waals surface area contributed by atoms with Crippen molar-refractivity contribution < 1.29 is 23.7 Å². The fourth-order valence-corrected chi connectivity index (χ4v) is 3.76. The van der Waals surface area contributed by atoms with Crippen LogP contribution in [-0.4, -0.2) is 34.2 Å². The van der Waals surface area contributed by atoms with Gasteiger partial charge in [0.2, 0.25) is 5.75 Å². The highest BCUT2D eigenvalue weighted by Gasteiger charge is 2.13. The van der Waals surface area contributed by atoms with Crippen molar-refractivity contribution in [1.82, 2.24) is 0 Å². The largest absolute Gasteiger partial charge is 0.495 e. The van der Waals surface area contributed by atoms with E-state index < -0.39 is 0 Å². The first kappa shape index (κ1) is 26.0. The number of methoxy groups -OCH3 is 4. The monoisotopic (exact) mass is 513 g/mol. The van der Waals surface area contributed by atoms with Crippen molar-refractivity contribution in [3.05, 3.63) is 87.5 Å². The van der Waals surface area contributed by atoms with Crippen molar-refractivity contribution in [2.45, 2.75) is 0 Å². The molecule has 0 heterocycles. The Hall–Kier alpha value is -3.61. The molecule has 0 aliphatic rings. The Kier molecular flexibility index (Phi) is 9.06. The first-order valence-electron chi connectivity index (χ1n) is 10.5. The van der Waals surface area contributed by atoms with Crippen LogP contribution in [-0.2, 0) is 0 Å². The molecule has 8 heteroatoms. The van der Waals surface area contributed by atoms with Crippen LogP contribution in [0.4, 0.5) is 5.69 Å². The molecule has 6 nitrogen and oxygen atoms in total. The Balaban J connectivity index is 1.91. The highest BCUT2D eigenvalue weighted by atomic mass is 35.5. The number of allylic oxidation sites excluding steroid dienone is 1. The molecule has 0 aliphatic carbocycles. The Morgan fingerprint density at radius 3 is 2.11 bits per heavy atom. The van der Waals surface area contributed by atoms with E-state index in [0.717, 1.165) is 11.1 Å². The zero-order valence-electron chi connectivity index (χ0n) is 19.7. The zero-order chi connectivity index (χ0) is 25.4. The molecule has 0 amide bonds.